The summed E-state index contributed by atoms with van der Waals surface area (Å²) in [6, 6.07) is 12.3. The number of hydrogen-bond donors (Lipinski definition) is 1. The molecule has 2 aromatic carbocycles. The molecule has 40 heavy (non-hydrogen) atoms. The molecule has 0 radical (unpaired) electrons. The van der Waals surface area contributed by atoms with Crippen molar-refractivity contribution in [2.75, 3.05) is 18.5 Å². The largest absolute Gasteiger partial charge is 0.480 e. The van der Waals surface area contributed by atoms with Crippen molar-refractivity contribution in [2.45, 2.75) is 93.5 Å². The van der Waals surface area contributed by atoms with Crippen LogP contribution in [-0.4, -0.2) is 47.1 Å². The van der Waals surface area contributed by atoms with Crippen molar-refractivity contribution < 1.29 is 14.7 Å². The smallest absolute Gasteiger partial charge is 0.321 e. The molecule has 1 N–H and O–H groups in total. The molecule has 212 valence electrons. The molecule has 1 saturated heterocycles. The Labute approximate surface area is 247 Å². The number of anilines is 1. The van der Waals surface area contributed by atoms with Crippen molar-refractivity contribution in [1.29, 1.82) is 0 Å². The van der Waals surface area contributed by atoms with Gasteiger partial charge in [-0.2, -0.15) is 0 Å². The number of likely N-dealkylation sites (N-methyl/N-ethyl adjacent to an activating group) is 1. The lowest BCUT2D eigenvalue weighted by atomic mass is 9.55. The molecule has 1 saturated carbocycles. The van der Waals surface area contributed by atoms with Gasteiger partial charge in [-0.1, -0.05) is 79.9 Å². The van der Waals surface area contributed by atoms with Crippen LogP contribution >= 0.6 is 23.2 Å². The van der Waals surface area contributed by atoms with Crippen LogP contribution in [0.1, 0.15) is 87.7 Å². The van der Waals surface area contributed by atoms with E-state index in [4.69, 9.17) is 29.6 Å². The molecule has 2 aliphatic heterocycles. The predicted octanol–water partition coefficient (Wildman–Crippen LogP) is 7.44. The molecule has 0 aromatic heterocycles. The van der Waals surface area contributed by atoms with Gasteiger partial charge in [-0.3, -0.25) is 14.5 Å². The number of nitrogens with zero attached hydrogens (tertiary/aromatic N) is 2. The predicted molar refractivity (Wildman–Crippen MR) is 161 cm³/mol. The molecular weight excluding hydrogens is 543 g/mol. The highest BCUT2D eigenvalue weighted by Gasteiger charge is 2.75. The molecule has 3 aliphatic rings. The lowest BCUT2D eigenvalue weighted by molar-refractivity contribution is -0.143. The number of terminal acetylenes is 1. The summed E-state index contributed by atoms with van der Waals surface area (Å²) in [7, 11) is 1.91. The van der Waals surface area contributed by atoms with Gasteiger partial charge in [0.15, 0.2) is 0 Å². The number of aliphatic carboxylic acids is 1. The molecule has 2 heterocycles. The third kappa shape index (κ3) is 4.53. The van der Waals surface area contributed by atoms with Crippen molar-refractivity contribution >= 4 is 40.8 Å². The van der Waals surface area contributed by atoms with Crippen molar-refractivity contribution in [2.24, 2.45) is 0 Å². The molecule has 0 unspecified atom stereocenters. The molecule has 1 aliphatic carbocycles. The molecule has 2 spiro atoms. The zero-order chi connectivity index (χ0) is 28.5. The first-order valence-electron chi connectivity index (χ1n) is 14.6. The summed E-state index contributed by atoms with van der Waals surface area (Å²) in [6.07, 6.45) is 15.7. The monoisotopic (exact) mass is 580 g/mol. The van der Waals surface area contributed by atoms with Crippen LogP contribution in [0.3, 0.4) is 0 Å². The summed E-state index contributed by atoms with van der Waals surface area (Å²) in [5.41, 5.74) is 0.812. The van der Waals surface area contributed by atoms with Gasteiger partial charge in [0.1, 0.15) is 11.5 Å². The minimum atomic E-state index is -1.07. The highest BCUT2D eigenvalue weighted by molar-refractivity contribution is 6.31. The van der Waals surface area contributed by atoms with E-state index in [9.17, 15) is 9.90 Å². The molecule has 2 aromatic rings. The first-order valence-corrected chi connectivity index (χ1v) is 15.3. The molecule has 2 fully saturated rings. The Balaban J connectivity index is 1.65. The van der Waals surface area contributed by atoms with Gasteiger partial charge in [-0.25, -0.2) is 0 Å². The number of halogens is 2. The van der Waals surface area contributed by atoms with Gasteiger partial charge in [-0.05, 0) is 68.1 Å². The van der Waals surface area contributed by atoms with Crippen molar-refractivity contribution in [3.8, 4) is 12.3 Å². The number of benzene rings is 2. The van der Waals surface area contributed by atoms with Gasteiger partial charge in [0, 0.05) is 40.2 Å². The molecule has 5 nitrogen and oxygen atoms in total. The van der Waals surface area contributed by atoms with Crippen LogP contribution in [-0.2, 0) is 15.0 Å². The maximum Gasteiger partial charge on any atom is 0.321 e. The standard InChI is InChI=1S/C33H38Cl2N2O3/c1-3-4-5-6-7-8-12-20-37-27-22-25(35)16-17-26(27)33(31(37)40)28(23-14-13-15-24(34)21-23)29(30(38)39)36(2)32(33)18-10-9-11-19-32/h1,13-17,21-22,28-29H,4-12,18-20H2,2H3,(H,38,39)/t28-,29+,33+/m0/s1. The van der Waals surface area contributed by atoms with Gasteiger partial charge < -0.3 is 10.0 Å². The zero-order valence-electron chi connectivity index (χ0n) is 23.2. The highest BCUT2D eigenvalue weighted by Crippen LogP contribution is 2.66. The Morgan fingerprint density at radius 2 is 1.73 bits per heavy atom. The average Bonchev–Trinajstić information content (AvgIpc) is 3.30. The normalized spacial score (nSPS) is 25.4. The summed E-state index contributed by atoms with van der Waals surface area (Å²) in [6.45, 7) is 0.572. The number of fused-ring (bicyclic) bond motifs is 3. The fraction of sp³-hybridized carbons (Fsp3) is 0.515. The molecular formula is C33H38Cl2N2O3. The Kier molecular flexibility index (Phi) is 8.53. The van der Waals surface area contributed by atoms with Gasteiger partial charge in [0.25, 0.3) is 0 Å². The Bertz CT molecular complexity index is 1320. The molecule has 1 amide bonds. The van der Waals surface area contributed by atoms with E-state index < -0.39 is 28.9 Å². The summed E-state index contributed by atoms with van der Waals surface area (Å²) in [5, 5.41) is 11.8. The van der Waals surface area contributed by atoms with Crippen LogP contribution in [0.5, 0.6) is 0 Å². The van der Waals surface area contributed by atoms with E-state index in [1.54, 1.807) is 6.07 Å². The topological polar surface area (TPSA) is 60.9 Å². The maximum atomic E-state index is 15.2. The third-order valence-corrected chi connectivity index (χ3v) is 10.2. The van der Waals surface area contributed by atoms with Crippen LogP contribution < -0.4 is 4.90 Å². The van der Waals surface area contributed by atoms with Crippen LogP contribution in [0.2, 0.25) is 10.0 Å². The summed E-state index contributed by atoms with van der Waals surface area (Å²) >= 11 is 13.0. The van der Waals surface area contributed by atoms with E-state index in [1.807, 2.05) is 53.2 Å². The zero-order valence-corrected chi connectivity index (χ0v) is 24.7. The number of amides is 1. The van der Waals surface area contributed by atoms with Gasteiger partial charge in [0.2, 0.25) is 5.91 Å². The van der Waals surface area contributed by atoms with E-state index in [-0.39, 0.29) is 5.91 Å². The maximum absolute atomic E-state index is 15.2. The van der Waals surface area contributed by atoms with E-state index in [0.29, 0.717) is 16.6 Å². The fourth-order valence-electron chi connectivity index (χ4n) is 8.12. The first-order chi connectivity index (χ1) is 19.3. The highest BCUT2D eigenvalue weighted by atomic mass is 35.5. The fourth-order valence-corrected chi connectivity index (χ4v) is 8.48. The first kappa shape index (κ1) is 29.0. The third-order valence-electron chi connectivity index (χ3n) is 9.71. The summed E-state index contributed by atoms with van der Waals surface area (Å²) < 4.78 is 0. The van der Waals surface area contributed by atoms with Crippen LogP contribution in [0, 0.1) is 12.3 Å². The van der Waals surface area contributed by atoms with Crippen LogP contribution in [0.15, 0.2) is 42.5 Å². The minimum absolute atomic E-state index is 0.000395. The Morgan fingerprint density at radius 3 is 2.42 bits per heavy atom. The van der Waals surface area contributed by atoms with Crippen molar-refractivity contribution in [3.05, 3.63) is 63.6 Å². The van der Waals surface area contributed by atoms with Crippen LogP contribution in [0.4, 0.5) is 5.69 Å². The average molecular weight is 582 g/mol. The lowest BCUT2D eigenvalue weighted by Crippen LogP contribution is -2.61. The number of hydrogen-bond acceptors (Lipinski definition) is 3. The van der Waals surface area contributed by atoms with Gasteiger partial charge in [-0.15, -0.1) is 12.3 Å². The summed E-state index contributed by atoms with van der Waals surface area (Å²) in [4.78, 5) is 32.2. The molecule has 7 heteroatoms. The van der Waals surface area contributed by atoms with E-state index in [0.717, 1.165) is 87.4 Å². The lowest BCUT2D eigenvalue weighted by Gasteiger charge is -2.50. The molecule has 5 rings (SSSR count). The second-order valence-electron chi connectivity index (χ2n) is 11.7. The quantitative estimate of drug-likeness (QED) is 0.247. The number of unbranched alkanes of at least 4 members (excludes halogenated alkanes) is 5. The minimum Gasteiger partial charge on any atom is -0.480 e. The Morgan fingerprint density at radius 1 is 1.02 bits per heavy atom. The Hall–Kier alpha value is -2.52. The number of carbonyl (C=O) groups excluding carboxylic acids is 1. The van der Waals surface area contributed by atoms with Crippen LogP contribution in [0.25, 0.3) is 0 Å². The van der Waals surface area contributed by atoms with E-state index in [1.165, 1.54) is 0 Å². The number of carboxylic acids is 1. The molecule has 3 atom stereocenters. The summed E-state index contributed by atoms with van der Waals surface area (Å²) in [5.74, 6) is 1.18. The number of carbonyl (C=O) groups is 2. The SMILES string of the molecule is C#CCCCCCCCN1C(=O)[C@@]2(c3ccc(Cl)cc31)[C@@H](c1cccc(Cl)c1)[C@H](C(=O)O)N(C)C21CCCCC1. The molecule has 0 bridgehead atoms. The van der Waals surface area contributed by atoms with Crippen molar-refractivity contribution in [3.63, 3.8) is 0 Å². The van der Waals surface area contributed by atoms with Crippen molar-refractivity contribution in [1.82, 2.24) is 4.90 Å². The second-order valence-corrected chi connectivity index (χ2v) is 12.5. The second kappa shape index (κ2) is 11.8. The number of likely N-dealkylation sites (tertiary alicyclic amines) is 1. The number of carboxylic acid groups (broad SMARTS) is 1. The number of rotatable bonds is 9. The van der Waals surface area contributed by atoms with E-state index in [2.05, 4.69) is 5.92 Å². The van der Waals surface area contributed by atoms with Gasteiger partial charge in [0.05, 0.1) is 0 Å². The van der Waals surface area contributed by atoms with E-state index >= 15 is 4.79 Å². The van der Waals surface area contributed by atoms with Gasteiger partial charge >= 0.3 is 5.97 Å².